The number of rotatable bonds is 4. The van der Waals surface area contributed by atoms with Crippen molar-refractivity contribution in [2.24, 2.45) is 0 Å². The first-order valence-electron chi connectivity index (χ1n) is 11.9. The monoisotopic (exact) mass is 481 g/mol. The molecule has 5 heteroatoms. The van der Waals surface area contributed by atoms with Crippen molar-refractivity contribution in [3.63, 3.8) is 0 Å². The van der Waals surface area contributed by atoms with E-state index in [2.05, 4.69) is 41.5 Å². The number of nitrogens with one attached hydrogen (secondary N) is 1. The standard InChI is InChI=1S/C30H28ClN3O/c1-18-3-11-27(20-4-8-23(32)9-5-20)28-16-24(10-13-26(18)28)34-30(35)29-14-6-21(17-33-29)25-12-7-22(31)15-19(25)2/h3-9,11-12,14-15,17,24H,10,13,16,32H2,1-2H3,(H,34,35)/t24-/m0/s1. The minimum absolute atomic E-state index is 0.0596. The maximum Gasteiger partial charge on any atom is 0.270 e. The number of hydrogen-bond donors (Lipinski definition) is 2. The summed E-state index contributed by atoms with van der Waals surface area (Å²) in [6.45, 7) is 4.18. The minimum Gasteiger partial charge on any atom is -0.399 e. The molecule has 5 rings (SSSR count). The molecule has 4 aromatic rings. The predicted molar refractivity (Wildman–Crippen MR) is 144 cm³/mol. The van der Waals surface area contributed by atoms with Crippen LogP contribution >= 0.6 is 11.6 Å². The zero-order chi connectivity index (χ0) is 24.5. The van der Waals surface area contributed by atoms with E-state index in [4.69, 9.17) is 17.3 Å². The van der Waals surface area contributed by atoms with Crippen LogP contribution in [0.4, 0.5) is 5.69 Å². The van der Waals surface area contributed by atoms with Gasteiger partial charge in [0.25, 0.3) is 5.91 Å². The van der Waals surface area contributed by atoms with Crippen molar-refractivity contribution in [3.05, 3.63) is 106 Å². The molecule has 1 atom stereocenters. The smallest absolute Gasteiger partial charge is 0.270 e. The largest absolute Gasteiger partial charge is 0.399 e. The molecule has 1 amide bonds. The maximum absolute atomic E-state index is 13.0. The Labute approximate surface area is 211 Å². The van der Waals surface area contributed by atoms with Crippen LogP contribution in [-0.2, 0) is 12.8 Å². The average molecular weight is 482 g/mol. The number of fused-ring (bicyclic) bond motifs is 1. The van der Waals surface area contributed by atoms with Gasteiger partial charge < -0.3 is 11.1 Å². The number of aromatic nitrogens is 1. The van der Waals surface area contributed by atoms with Crippen molar-refractivity contribution in [2.45, 2.75) is 39.2 Å². The lowest BCUT2D eigenvalue weighted by molar-refractivity contribution is 0.0928. The Morgan fingerprint density at radius 3 is 2.37 bits per heavy atom. The fraction of sp³-hybridized carbons (Fsp3) is 0.200. The minimum atomic E-state index is -0.139. The summed E-state index contributed by atoms with van der Waals surface area (Å²) in [7, 11) is 0. The summed E-state index contributed by atoms with van der Waals surface area (Å²) < 4.78 is 0. The van der Waals surface area contributed by atoms with Gasteiger partial charge in [0.15, 0.2) is 0 Å². The molecule has 3 N–H and O–H groups in total. The molecule has 0 unspecified atom stereocenters. The topological polar surface area (TPSA) is 68.0 Å². The van der Waals surface area contributed by atoms with Crippen LogP contribution in [0.15, 0.2) is 72.9 Å². The Morgan fingerprint density at radius 2 is 1.66 bits per heavy atom. The summed E-state index contributed by atoms with van der Waals surface area (Å²) in [5.41, 5.74) is 16.5. The Morgan fingerprint density at radius 1 is 0.914 bits per heavy atom. The molecule has 3 aromatic carbocycles. The highest BCUT2D eigenvalue weighted by atomic mass is 35.5. The van der Waals surface area contributed by atoms with Gasteiger partial charge in [0.1, 0.15) is 5.69 Å². The number of carbonyl (C=O) groups is 1. The number of nitrogens with two attached hydrogens (primary N) is 1. The van der Waals surface area contributed by atoms with Crippen LogP contribution in [0.2, 0.25) is 5.02 Å². The van der Waals surface area contributed by atoms with E-state index in [-0.39, 0.29) is 11.9 Å². The van der Waals surface area contributed by atoms with E-state index >= 15 is 0 Å². The number of amides is 1. The number of nitrogens with zero attached hydrogens (tertiary/aromatic N) is 1. The van der Waals surface area contributed by atoms with Gasteiger partial charge >= 0.3 is 0 Å². The first-order valence-corrected chi connectivity index (χ1v) is 12.3. The highest BCUT2D eigenvalue weighted by Crippen LogP contribution is 2.34. The molecule has 1 aliphatic carbocycles. The van der Waals surface area contributed by atoms with Crippen molar-refractivity contribution in [1.29, 1.82) is 0 Å². The number of halogens is 1. The van der Waals surface area contributed by atoms with Crippen LogP contribution in [0, 0.1) is 13.8 Å². The summed E-state index contributed by atoms with van der Waals surface area (Å²) >= 11 is 6.08. The van der Waals surface area contributed by atoms with Crippen molar-refractivity contribution in [1.82, 2.24) is 10.3 Å². The molecule has 0 fully saturated rings. The molecule has 0 aliphatic heterocycles. The van der Waals surface area contributed by atoms with Gasteiger partial charge in [0.2, 0.25) is 0 Å². The first-order chi connectivity index (χ1) is 16.9. The van der Waals surface area contributed by atoms with Gasteiger partial charge in [-0.3, -0.25) is 9.78 Å². The molecule has 0 radical (unpaired) electrons. The SMILES string of the molecule is Cc1cc(Cl)ccc1-c1ccc(C(=O)N[C@H]2CCc3c(C)ccc(-c4ccc(N)cc4)c3C2)nc1. The number of anilines is 1. The third-order valence-corrected chi connectivity index (χ3v) is 7.15. The number of aryl methyl sites for hydroxylation is 2. The Hall–Kier alpha value is -3.63. The molecular formula is C30H28ClN3O. The molecule has 1 aliphatic rings. The molecule has 0 spiro atoms. The Balaban J connectivity index is 1.34. The van der Waals surface area contributed by atoms with Gasteiger partial charge in [-0.15, -0.1) is 0 Å². The van der Waals surface area contributed by atoms with Gasteiger partial charge in [-0.05, 0) is 102 Å². The maximum atomic E-state index is 13.0. The highest BCUT2D eigenvalue weighted by molar-refractivity contribution is 6.30. The summed E-state index contributed by atoms with van der Waals surface area (Å²) in [6, 6.07) is 21.9. The fourth-order valence-corrected chi connectivity index (χ4v) is 5.24. The second-order valence-corrected chi connectivity index (χ2v) is 9.75. The Kier molecular flexibility index (Phi) is 6.31. The molecule has 4 nitrogen and oxygen atoms in total. The summed E-state index contributed by atoms with van der Waals surface area (Å²) in [4.78, 5) is 17.5. The quantitative estimate of drug-likeness (QED) is 0.324. The second kappa shape index (κ2) is 9.55. The lowest BCUT2D eigenvalue weighted by Gasteiger charge is -2.29. The number of benzene rings is 3. The van der Waals surface area contributed by atoms with E-state index in [0.717, 1.165) is 47.2 Å². The van der Waals surface area contributed by atoms with Gasteiger partial charge in [0, 0.05) is 28.5 Å². The second-order valence-electron chi connectivity index (χ2n) is 9.31. The number of pyridine rings is 1. The summed E-state index contributed by atoms with van der Waals surface area (Å²) in [5, 5.41) is 3.93. The fourth-order valence-electron chi connectivity index (χ4n) is 5.01. The lowest BCUT2D eigenvalue weighted by atomic mass is 9.81. The van der Waals surface area contributed by atoms with Crippen LogP contribution in [0.1, 0.15) is 39.2 Å². The average Bonchev–Trinajstić information content (AvgIpc) is 2.85. The zero-order valence-corrected chi connectivity index (χ0v) is 20.7. The van der Waals surface area contributed by atoms with Crippen molar-refractivity contribution < 1.29 is 4.79 Å². The number of carbonyl (C=O) groups excluding carboxylic acids is 1. The summed E-state index contributed by atoms with van der Waals surface area (Å²) in [6.07, 6.45) is 4.40. The summed E-state index contributed by atoms with van der Waals surface area (Å²) in [5.74, 6) is -0.139. The van der Waals surface area contributed by atoms with Crippen LogP contribution < -0.4 is 11.1 Å². The van der Waals surface area contributed by atoms with E-state index in [1.807, 2.05) is 43.3 Å². The highest BCUT2D eigenvalue weighted by Gasteiger charge is 2.25. The molecule has 176 valence electrons. The number of hydrogen-bond acceptors (Lipinski definition) is 3. The van der Waals surface area contributed by atoms with Crippen molar-refractivity contribution in [3.8, 4) is 22.3 Å². The first kappa shape index (κ1) is 23.1. The van der Waals surface area contributed by atoms with Gasteiger partial charge in [0.05, 0.1) is 0 Å². The molecule has 0 saturated heterocycles. The third-order valence-electron chi connectivity index (χ3n) is 6.91. The van der Waals surface area contributed by atoms with Gasteiger partial charge in [-0.2, -0.15) is 0 Å². The molecule has 1 aromatic heterocycles. The van der Waals surface area contributed by atoms with E-state index < -0.39 is 0 Å². The van der Waals surface area contributed by atoms with Crippen LogP contribution in [0.3, 0.4) is 0 Å². The van der Waals surface area contributed by atoms with Gasteiger partial charge in [-0.1, -0.05) is 48.0 Å². The lowest BCUT2D eigenvalue weighted by Crippen LogP contribution is -2.39. The van der Waals surface area contributed by atoms with E-state index in [0.29, 0.717) is 10.7 Å². The van der Waals surface area contributed by atoms with E-state index in [1.54, 1.807) is 12.3 Å². The van der Waals surface area contributed by atoms with Crippen LogP contribution in [0.5, 0.6) is 0 Å². The van der Waals surface area contributed by atoms with E-state index in [9.17, 15) is 4.79 Å². The molecule has 1 heterocycles. The zero-order valence-electron chi connectivity index (χ0n) is 19.9. The molecule has 0 bridgehead atoms. The van der Waals surface area contributed by atoms with E-state index in [1.165, 1.54) is 22.3 Å². The van der Waals surface area contributed by atoms with Crippen molar-refractivity contribution in [2.75, 3.05) is 5.73 Å². The molecular weight excluding hydrogens is 454 g/mol. The molecule has 35 heavy (non-hydrogen) atoms. The van der Waals surface area contributed by atoms with Crippen molar-refractivity contribution >= 4 is 23.2 Å². The third kappa shape index (κ3) is 4.80. The van der Waals surface area contributed by atoms with Crippen LogP contribution in [-0.4, -0.2) is 16.9 Å². The van der Waals surface area contributed by atoms with Gasteiger partial charge in [-0.25, -0.2) is 0 Å². The normalized spacial score (nSPS) is 14.9. The van der Waals surface area contributed by atoms with Crippen LogP contribution in [0.25, 0.3) is 22.3 Å². The molecule has 0 saturated carbocycles. The number of nitrogen functional groups attached to an aromatic ring is 1. The predicted octanol–water partition coefficient (Wildman–Crippen LogP) is 6.56. The Bertz CT molecular complexity index is 1390.